The van der Waals surface area contributed by atoms with Crippen LogP contribution in [0.3, 0.4) is 0 Å². The van der Waals surface area contributed by atoms with Crippen LogP contribution in [0.4, 0.5) is 5.82 Å². The number of benzene rings is 2. The van der Waals surface area contributed by atoms with Crippen molar-refractivity contribution in [1.29, 1.82) is 0 Å². The van der Waals surface area contributed by atoms with E-state index in [4.69, 9.17) is 11.6 Å². The SMILES string of the molecule is Cc1cc(NC(=O)/C=C/c2ccccc2Cl)n(-c2ccccc2)n1. The topological polar surface area (TPSA) is 46.9 Å². The summed E-state index contributed by atoms with van der Waals surface area (Å²) in [5, 5.41) is 7.88. The zero-order chi connectivity index (χ0) is 16.9. The highest BCUT2D eigenvalue weighted by molar-refractivity contribution is 6.32. The standard InChI is InChI=1S/C19H16ClN3O/c1-14-13-18(23(22-14)16-8-3-2-4-9-16)21-19(24)12-11-15-7-5-6-10-17(15)20/h2-13H,1H3,(H,21,24)/b12-11+. The molecule has 3 aromatic rings. The molecule has 0 aliphatic rings. The summed E-state index contributed by atoms with van der Waals surface area (Å²) in [5.41, 5.74) is 2.50. The van der Waals surface area contributed by atoms with Crippen molar-refractivity contribution >= 4 is 29.4 Å². The Bertz CT molecular complexity index is 885. The van der Waals surface area contributed by atoms with E-state index in [1.54, 1.807) is 16.8 Å². The molecule has 0 saturated carbocycles. The first-order valence-corrected chi connectivity index (χ1v) is 7.87. The molecular formula is C19H16ClN3O. The third-order valence-corrected chi connectivity index (χ3v) is 3.75. The van der Waals surface area contributed by atoms with Gasteiger partial charge in [-0.1, -0.05) is 48.0 Å². The molecule has 0 saturated heterocycles. The van der Waals surface area contributed by atoms with E-state index in [9.17, 15) is 4.79 Å². The number of nitrogens with zero attached hydrogens (tertiary/aromatic N) is 2. The molecule has 5 heteroatoms. The Balaban J connectivity index is 1.79. The van der Waals surface area contributed by atoms with E-state index in [1.807, 2.05) is 61.5 Å². The van der Waals surface area contributed by atoms with Crippen molar-refractivity contribution in [3.05, 3.63) is 83.0 Å². The Morgan fingerprint density at radius 3 is 2.58 bits per heavy atom. The molecule has 0 aliphatic heterocycles. The molecule has 120 valence electrons. The molecule has 0 radical (unpaired) electrons. The largest absolute Gasteiger partial charge is 0.307 e. The number of hydrogen-bond acceptors (Lipinski definition) is 2. The lowest BCUT2D eigenvalue weighted by Gasteiger charge is -2.07. The third-order valence-electron chi connectivity index (χ3n) is 3.40. The maximum Gasteiger partial charge on any atom is 0.249 e. The normalized spacial score (nSPS) is 10.9. The Hall–Kier alpha value is -2.85. The van der Waals surface area contributed by atoms with Gasteiger partial charge in [-0.05, 0) is 36.8 Å². The van der Waals surface area contributed by atoms with Gasteiger partial charge in [0, 0.05) is 17.2 Å². The van der Waals surface area contributed by atoms with Gasteiger partial charge in [0.2, 0.25) is 5.91 Å². The maximum absolute atomic E-state index is 12.2. The molecule has 0 aliphatic carbocycles. The minimum absolute atomic E-state index is 0.244. The average molecular weight is 338 g/mol. The zero-order valence-corrected chi connectivity index (χ0v) is 13.9. The predicted octanol–water partition coefficient (Wildman–Crippen LogP) is 4.49. The van der Waals surface area contributed by atoms with E-state index in [1.165, 1.54) is 6.08 Å². The van der Waals surface area contributed by atoms with E-state index in [2.05, 4.69) is 10.4 Å². The second-order valence-electron chi connectivity index (χ2n) is 5.26. The molecular weight excluding hydrogens is 322 g/mol. The second kappa shape index (κ2) is 7.15. The Kier molecular flexibility index (Phi) is 4.77. The van der Waals surface area contributed by atoms with Crippen LogP contribution in [-0.4, -0.2) is 15.7 Å². The molecule has 24 heavy (non-hydrogen) atoms. The summed E-state index contributed by atoms with van der Waals surface area (Å²) >= 11 is 6.08. The summed E-state index contributed by atoms with van der Waals surface area (Å²) in [5.74, 6) is 0.375. The van der Waals surface area contributed by atoms with Crippen molar-refractivity contribution in [1.82, 2.24) is 9.78 Å². The van der Waals surface area contributed by atoms with Crippen LogP contribution in [0, 0.1) is 6.92 Å². The van der Waals surface area contributed by atoms with Gasteiger partial charge in [-0.15, -0.1) is 0 Å². The van der Waals surface area contributed by atoms with Gasteiger partial charge in [-0.2, -0.15) is 5.10 Å². The van der Waals surface area contributed by atoms with Crippen molar-refractivity contribution in [3.63, 3.8) is 0 Å². The van der Waals surface area contributed by atoms with Gasteiger partial charge in [-0.3, -0.25) is 4.79 Å². The van der Waals surface area contributed by atoms with Gasteiger partial charge < -0.3 is 5.32 Å². The van der Waals surface area contributed by atoms with E-state index in [-0.39, 0.29) is 5.91 Å². The minimum atomic E-state index is -0.244. The summed E-state index contributed by atoms with van der Waals surface area (Å²) in [7, 11) is 0. The number of amides is 1. The predicted molar refractivity (Wildman–Crippen MR) is 97.4 cm³/mol. The number of aryl methyl sites for hydroxylation is 1. The van der Waals surface area contributed by atoms with Crippen LogP contribution in [0.2, 0.25) is 5.02 Å². The fraction of sp³-hybridized carbons (Fsp3) is 0.0526. The molecule has 0 bridgehead atoms. The Labute approximate surface area is 145 Å². The smallest absolute Gasteiger partial charge is 0.249 e. The van der Waals surface area contributed by atoms with Crippen molar-refractivity contribution in [2.24, 2.45) is 0 Å². The number of rotatable bonds is 4. The second-order valence-corrected chi connectivity index (χ2v) is 5.67. The number of carbonyl (C=O) groups excluding carboxylic acids is 1. The van der Waals surface area contributed by atoms with Crippen LogP contribution in [0.1, 0.15) is 11.3 Å². The summed E-state index contributed by atoms with van der Waals surface area (Å²) in [6.45, 7) is 1.88. The van der Waals surface area contributed by atoms with E-state index < -0.39 is 0 Å². The minimum Gasteiger partial charge on any atom is -0.307 e. The molecule has 1 aromatic heterocycles. The number of halogens is 1. The molecule has 1 N–H and O–H groups in total. The van der Waals surface area contributed by atoms with Crippen LogP contribution in [0.25, 0.3) is 11.8 Å². The monoisotopic (exact) mass is 337 g/mol. The van der Waals surface area contributed by atoms with Gasteiger partial charge in [-0.25, -0.2) is 4.68 Å². The van der Waals surface area contributed by atoms with Gasteiger partial charge in [0.05, 0.1) is 11.4 Å². The van der Waals surface area contributed by atoms with Crippen LogP contribution in [0.5, 0.6) is 0 Å². The summed E-state index contributed by atoms with van der Waals surface area (Å²) in [6.07, 6.45) is 3.15. The molecule has 2 aromatic carbocycles. The molecule has 0 fully saturated rings. The number of anilines is 1. The lowest BCUT2D eigenvalue weighted by molar-refractivity contribution is -0.111. The fourth-order valence-electron chi connectivity index (χ4n) is 2.30. The highest BCUT2D eigenvalue weighted by atomic mass is 35.5. The summed E-state index contributed by atoms with van der Waals surface area (Å²) < 4.78 is 1.70. The van der Waals surface area contributed by atoms with E-state index in [0.717, 1.165) is 16.9 Å². The number of hydrogen-bond donors (Lipinski definition) is 1. The van der Waals surface area contributed by atoms with Crippen molar-refractivity contribution in [2.75, 3.05) is 5.32 Å². The van der Waals surface area contributed by atoms with Crippen LogP contribution >= 0.6 is 11.6 Å². The summed E-state index contributed by atoms with van der Waals surface area (Å²) in [6, 6.07) is 18.8. The average Bonchev–Trinajstić information content (AvgIpc) is 2.95. The fourth-order valence-corrected chi connectivity index (χ4v) is 2.50. The number of para-hydroxylation sites is 1. The van der Waals surface area contributed by atoms with E-state index >= 15 is 0 Å². The Morgan fingerprint density at radius 2 is 1.83 bits per heavy atom. The first kappa shape index (κ1) is 16.0. The molecule has 4 nitrogen and oxygen atoms in total. The van der Waals surface area contributed by atoms with Crippen LogP contribution < -0.4 is 5.32 Å². The van der Waals surface area contributed by atoms with Gasteiger partial charge in [0.25, 0.3) is 0 Å². The van der Waals surface area contributed by atoms with Crippen molar-refractivity contribution < 1.29 is 4.79 Å². The highest BCUT2D eigenvalue weighted by Gasteiger charge is 2.09. The van der Waals surface area contributed by atoms with Crippen LogP contribution in [0.15, 0.2) is 66.7 Å². The zero-order valence-electron chi connectivity index (χ0n) is 13.1. The van der Waals surface area contributed by atoms with E-state index in [0.29, 0.717) is 10.8 Å². The molecule has 1 amide bonds. The van der Waals surface area contributed by atoms with Gasteiger partial charge in [0.15, 0.2) is 0 Å². The first-order chi connectivity index (χ1) is 11.6. The van der Waals surface area contributed by atoms with Crippen LogP contribution in [-0.2, 0) is 4.79 Å². The molecule has 3 rings (SSSR count). The lowest BCUT2D eigenvalue weighted by Crippen LogP contribution is -2.12. The molecule has 0 atom stereocenters. The maximum atomic E-state index is 12.2. The number of nitrogens with one attached hydrogen (secondary N) is 1. The quantitative estimate of drug-likeness (QED) is 0.713. The molecule has 1 heterocycles. The molecule has 0 unspecified atom stereocenters. The number of aromatic nitrogens is 2. The highest BCUT2D eigenvalue weighted by Crippen LogP contribution is 2.18. The lowest BCUT2D eigenvalue weighted by atomic mass is 10.2. The Morgan fingerprint density at radius 1 is 1.12 bits per heavy atom. The van der Waals surface area contributed by atoms with Gasteiger partial charge >= 0.3 is 0 Å². The van der Waals surface area contributed by atoms with Crippen molar-refractivity contribution in [2.45, 2.75) is 6.92 Å². The van der Waals surface area contributed by atoms with Gasteiger partial charge in [0.1, 0.15) is 5.82 Å². The van der Waals surface area contributed by atoms with Crippen molar-refractivity contribution in [3.8, 4) is 5.69 Å². The third kappa shape index (κ3) is 3.73. The number of carbonyl (C=O) groups is 1. The first-order valence-electron chi connectivity index (χ1n) is 7.49. The summed E-state index contributed by atoms with van der Waals surface area (Å²) in [4.78, 5) is 12.2. The molecule has 0 spiro atoms.